The first-order valence-electron chi connectivity index (χ1n) is 23.8. The van der Waals surface area contributed by atoms with E-state index in [9.17, 15) is 0 Å². The van der Waals surface area contributed by atoms with Crippen LogP contribution in [0.5, 0.6) is 0 Å². The first-order chi connectivity index (χ1) is 32.0. The van der Waals surface area contributed by atoms with Crippen molar-refractivity contribution in [3.63, 3.8) is 0 Å². The Labute approximate surface area is 385 Å². The summed E-state index contributed by atoms with van der Waals surface area (Å²) < 4.78 is 5.42. The van der Waals surface area contributed by atoms with Gasteiger partial charge in [0.05, 0.1) is 22.1 Å². The van der Waals surface area contributed by atoms with E-state index in [4.69, 9.17) is 0 Å². The normalized spacial score (nSPS) is 14.6. The second-order valence-corrected chi connectivity index (χ2v) is 21.6. The zero-order valence-corrected chi connectivity index (χ0v) is 38.2. The molecule has 15 rings (SSSR count). The molecule has 66 heavy (non-hydrogen) atoms. The van der Waals surface area contributed by atoms with E-state index in [0.29, 0.717) is 0 Å². The zero-order chi connectivity index (χ0) is 44.2. The Bertz CT molecular complexity index is 3950. The third-order valence-electron chi connectivity index (χ3n) is 16.2. The molecule has 1 aliphatic carbocycles. The van der Waals surface area contributed by atoms with Crippen molar-refractivity contribution in [2.45, 2.75) is 57.8 Å². The van der Waals surface area contributed by atoms with Gasteiger partial charge in [0, 0.05) is 38.6 Å². The molecule has 11 aromatic rings. The maximum atomic E-state index is 2.72. The summed E-state index contributed by atoms with van der Waals surface area (Å²) in [5.74, 6) is 0. The molecule has 0 bridgehead atoms. The summed E-state index contributed by atoms with van der Waals surface area (Å²) in [4.78, 5) is 0. The van der Waals surface area contributed by atoms with Gasteiger partial charge in [-0.05, 0) is 106 Å². The van der Waals surface area contributed by atoms with Crippen molar-refractivity contribution in [1.29, 1.82) is 0 Å². The van der Waals surface area contributed by atoms with E-state index in [0.717, 1.165) is 0 Å². The van der Waals surface area contributed by atoms with E-state index in [-0.39, 0.29) is 17.5 Å². The van der Waals surface area contributed by atoms with Gasteiger partial charge in [0.25, 0.3) is 6.71 Å². The van der Waals surface area contributed by atoms with E-state index in [2.05, 4.69) is 227 Å². The molecule has 3 aliphatic heterocycles. The highest BCUT2D eigenvalue weighted by molar-refractivity contribution is 7.01. The van der Waals surface area contributed by atoms with Gasteiger partial charge in [0.1, 0.15) is 0 Å². The van der Waals surface area contributed by atoms with Crippen molar-refractivity contribution < 1.29 is 0 Å². The van der Waals surface area contributed by atoms with Gasteiger partial charge in [-0.25, -0.2) is 0 Å². The Hall–Kier alpha value is -7.36. The van der Waals surface area contributed by atoms with Crippen LogP contribution in [-0.2, 0) is 16.2 Å². The van der Waals surface area contributed by atoms with E-state index in [1.54, 1.807) is 0 Å². The van der Waals surface area contributed by atoms with Crippen molar-refractivity contribution in [2.24, 2.45) is 0 Å². The molecule has 2 aromatic heterocycles. The topological polar surface area (TPSA) is 9.86 Å². The smallest absolute Gasteiger partial charge is 0.253 e. The molecule has 0 saturated heterocycles. The molecule has 0 atom stereocenters. The van der Waals surface area contributed by atoms with Crippen LogP contribution in [0.25, 0.3) is 88.4 Å². The number of benzene rings is 9. The summed E-state index contributed by atoms with van der Waals surface area (Å²) in [6.45, 7) is 13.9. The molecule has 2 nitrogen and oxygen atoms in total. The molecule has 0 amide bonds. The lowest BCUT2D eigenvalue weighted by Crippen LogP contribution is -2.60. The van der Waals surface area contributed by atoms with Gasteiger partial charge in [-0.2, -0.15) is 0 Å². The monoisotopic (exact) mass is 842 g/mol. The zero-order valence-electron chi connectivity index (χ0n) is 38.2. The fourth-order valence-corrected chi connectivity index (χ4v) is 13.4. The Kier molecular flexibility index (Phi) is 6.77. The van der Waals surface area contributed by atoms with Crippen LogP contribution in [0.15, 0.2) is 176 Å². The molecule has 0 unspecified atom stereocenters. The fraction of sp³-hybridized carbons (Fsp3) is 0.143. The largest absolute Gasteiger partial charge is 0.310 e. The van der Waals surface area contributed by atoms with E-state index >= 15 is 0 Å². The van der Waals surface area contributed by atoms with E-state index < -0.39 is 5.41 Å². The highest BCUT2D eigenvalue weighted by Crippen LogP contribution is 2.61. The highest BCUT2D eigenvalue weighted by atomic mass is 15.1. The molecule has 0 radical (unpaired) electrons. The Balaban J connectivity index is 1.17. The van der Waals surface area contributed by atoms with Crippen molar-refractivity contribution in [3.05, 3.63) is 209 Å². The quantitative estimate of drug-likeness (QED) is 0.153. The second-order valence-electron chi connectivity index (χ2n) is 21.6. The molecule has 9 aromatic carbocycles. The Morgan fingerprint density at radius 2 is 1.00 bits per heavy atom. The molecule has 0 N–H and O–H groups in total. The molecular weight excluding hydrogens is 796 g/mol. The van der Waals surface area contributed by atoms with Crippen LogP contribution in [0, 0.1) is 0 Å². The van der Waals surface area contributed by atoms with Crippen LogP contribution in [0.4, 0.5) is 0 Å². The first-order valence-corrected chi connectivity index (χ1v) is 23.8. The van der Waals surface area contributed by atoms with Crippen LogP contribution in [0.3, 0.4) is 0 Å². The van der Waals surface area contributed by atoms with Crippen LogP contribution in [0.2, 0.25) is 0 Å². The minimum atomic E-state index is -0.500. The summed E-state index contributed by atoms with van der Waals surface area (Å²) in [6, 6.07) is 68.6. The lowest BCUT2D eigenvalue weighted by Gasteiger charge is -2.44. The molecule has 312 valence electrons. The number of rotatable bonds is 2. The summed E-state index contributed by atoms with van der Waals surface area (Å²) in [5, 5.41) is 6.57. The Morgan fingerprint density at radius 3 is 1.68 bits per heavy atom. The molecule has 0 saturated carbocycles. The number of fused-ring (bicyclic) bond motifs is 13. The summed E-state index contributed by atoms with van der Waals surface area (Å²) in [6.07, 6.45) is 0. The molecular formula is C63H47BN2. The summed E-state index contributed by atoms with van der Waals surface area (Å²) in [7, 11) is 0. The average molecular weight is 843 g/mol. The third-order valence-corrected chi connectivity index (χ3v) is 16.2. The van der Waals surface area contributed by atoms with Gasteiger partial charge in [0.15, 0.2) is 0 Å². The molecule has 4 aliphatic rings. The highest BCUT2D eigenvalue weighted by Gasteiger charge is 2.54. The number of hydrogen-bond acceptors (Lipinski definition) is 0. The average Bonchev–Trinajstić information content (AvgIpc) is 3.96. The predicted octanol–water partition coefficient (Wildman–Crippen LogP) is 13.6. The minimum absolute atomic E-state index is 0.00388. The maximum Gasteiger partial charge on any atom is 0.253 e. The lowest BCUT2D eigenvalue weighted by molar-refractivity contribution is 0.590. The van der Waals surface area contributed by atoms with E-state index in [1.165, 1.54) is 138 Å². The van der Waals surface area contributed by atoms with Crippen LogP contribution < -0.4 is 16.4 Å². The van der Waals surface area contributed by atoms with Crippen molar-refractivity contribution >= 4 is 66.6 Å². The molecule has 1 spiro atoms. The van der Waals surface area contributed by atoms with Gasteiger partial charge in [-0.1, -0.05) is 205 Å². The standard InChI is InChI=1S/C63H47BN2/c1-61(2,3)39-29-25-36(26-30-39)53-46-35-38-15-7-8-16-41(38)54-59(46)65(56(53)37-27-31-40(32-28-37)62(4,5)6)52-34-33-50-60-55(52)64(54)51-24-14-20-45-44-19-13-23-49(57(44)66(60)58(45)51)63(50)47-21-11-9-17-42(47)43-18-10-12-22-48(43)63/h7-35H,1-6H3. The van der Waals surface area contributed by atoms with Crippen LogP contribution in [-0.4, -0.2) is 15.8 Å². The van der Waals surface area contributed by atoms with Crippen LogP contribution >= 0.6 is 0 Å². The molecule has 5 heterocycles. The second kappa shape index (κ2) is 12.1. The van der Waals surface area contributed by atoms with Crippen LogP contribution in [0.1, 0.15) is 74.9 Å². The van der Waals surface area contributed by atoms with Gasteiger partial charge < -0.3 is 9.13 Å². The van der Waals surface area contributed by atoms with E-state index in [1.807, 2.05) is 0 Å². The van der Waals surface area contributed by atoms with Gasteiger partial charge in [-0.15, -0.1) is 0 Å². The number of hydrogen-bond donors (Lipinski definition) is 0. The van der Waals surface area contributed by atoms with Crippen molar-refractivity contribution in [1.82, 2.24) is 9.13 Å². The minimum Gasteiger partial charge on any atom is -0.310 e. The summed E-state index contributed by atoms with van der Waals surface area (Å²) in [5.41, 5.74) is 26.3. The first kappa shape index (κ1) is 36.9. The van der Waals surface area contributed by atoms with Gasteiger partial charge in [0.2, 0.25) is 0 Å². The third kappa shape index (κ3) is 4.27. The molecule has 3 heteroatoms. The maximum absolute atomic E-state index is 2.72. The number of nitrogens with zero attached hydrogens (tertiary/aromatic N) is 2. The predicted molar refractivity (Wildman–Crippen MR) is 279 cm³/mol. The van der Waals surface area contributed by atoms with Gasteiger partial charge >= 0.3 is 0 Å². The Morgan fingerprint density at radius 1 is 0.424 bits per heavy atom. The van der Waals surface area contributed by atoms with Crippen molar-refractivity contribution in [3.8, 4) is 44.9 Å². The number of para-hydroxylation sites is 2. The molecule has 0 fully saturated rings. The SMILES string of the molecule is CC(C)(C)c1ccc(-c2c(-c3ccc(C(C)(C)C)cc3)n3c4c(c5ccccc5cc24)B2c4c-3ccc3c4-n4c5c2cccc5c2cccc(c24)C32c3ccccc3-c3ccccc32)cc1. The fourth-order valence-electron chi connectivity index (χ4n) is 13.4. The lowest BCUT2D eigenvalue weighted by atomic mass is 9.33. The van der Waals surface area contributed by atoms with Gasteiger partial charge in [-0.3, -0.25) is 0 Å². The summed E-state index contributed by atoms with van der Waals surface area (Å²) >= 11 is 0. The number of aromatic nitrogens is 2. The van der Waals surface area contributed by atoms with Crippen molar-refractivity contribution in [2.75, 3.05) is 0 Å².